The van der Waals surface area contributed by atoms with E-state index in [1.165, 1.54) is 11.1 Å². The molecule has 21 heavy (non-hydrogen) atoms. The highest BCUT2D eigenvalue weighted by Gasteiger charge is 2.27. The Balaban J connectivity index is 0.00000220. The highest BCUT2D eigenvalue weighted by atomic mass is 35.5. The van der Waals surface area contributed by atoms with E-state index in [4.69, 9.17) is 15.2 Å². The van der Waals surface area contributed by atoms with Gasteiger partial charge in [-0.2, -0.15) is 0 Å². The van der Waals surface area contributed by atoms with Crippen LogP contribution in [0.5, 0.6) is 0 Å². The van der Waals surface area contributed by atoms with Gasteiger partial charge in [-0.3, -0.25) is 4.90 Å². The Morgan fingerprint density at radius 1 is 1.29 bits per heavy atom. The van der Waals surface area contributed by atoms with Crippen molar-refractivity contribution >= 4 is 12.4 Å². The summed E-state index contributed by atoms with van der Waals surface area (Å²) < 4.78 is 10.7. The Labute approximate surface area is 134 Å². The van der Waals surface area contributed by atoms with Crippen LogP contribution in [-0.2, 0) is 22.6 Å². The van der Waals surface area contributed by atoms with Crippen LogP contribution in [0.1, 0.15) is 24.0 Å². The predicted octanol–water partition coefficient (Wildman–Crippen LogP) is 2.19. The first kappa shape index (κ1) is 18.4. The molecule has 1 heterocycles. The molecule has 2 rings (SSSR count). The zero-order valence-electron chi connectivity index (χ0n) is 13.0. The van der Waals surface area contributed by atoms with E-state index in [1.807, 2.05) is 0 Å². The summed E-state index contributed by atoms with van der Waals surface area (Å²) in [6.07, 6.45) is 2.48. The Morgan fingerprint density at radius 2 is 2.05 bits per heavy atom. The number of ether oxygens (including phenoxy) is 2. The molecule has 1 aliphatic rings. The fourth-order valence-corrected chi connectivity index (χ4v) is 2.95. The van der Waals surface area contributed by atoms with Crippen molar-refractivity contribution in [1.29, 1.82) is 0 Å². The molecular weight excluding hydrogens is 288 g/mol. The smallest absolute Gasteiger partial charge is 0.0713 e. The number of nitrogens with two attached hydrogens (primary N) is 1. The van der Waals surface area contributed by atoms with Crippen LogP contribution in [0, 0.1) is 0 Å². The molecule has 1 aromatic carbocycles. The van der Waals surface area contributed by atoms with E-state index in [0.29, 0.717) is 25.3 Å². The lowest BCUT2D eigenvalue weighted by Crippen LogP contribution is -2.47. The highest BCUT2D eigenvalue weighted by molar-refractivity contribution is 5.85. The number of piperidine rings is 1. The van der Waals surface area contributed by atoms with Gasteiger partial charge in [0.25, 0.3) is 0 Å². The van der Waals surface area contributed by atoms with Crippen LogP contribution in [0.3, 0.4) is 0 Å². The maximum atomic E-state index is 5.92. The molecule has 2 unspecified atom stereocenters. The van der Waals surface area contributed by atoms with Gasteiger partial charge < -0.3 is 15.2 Å². The molecule has 1 fully saturated rings. The van der Waals surface area contributed by atoms with E-state index in [9.17, 15) is 0 Å². The second-order valence-corrected chi connectivity index (χ2v) is 5.50. The lowest BCUT2D eigenvalue weighted by Gasteiger charge is -2.38. The fraction of sp³-hybridized carbons (Fsp3) is 0.625. The molecule has 0 spiro atoms. The van der Waals surface area contributed by atoms with Crippen LogP contribution in [0.25, 0.3) is 0 Å². The van der Waals surface area contributed by atoms with Crippen LogP contribution >= 0.6 is 12.4 Å². The highest BCUT2D eigenvalue weighted by Crippen LogP contribution is 2.21. The maximum Gasteiger partial charge on any atom is 0.0713 e. The van der Waals surface area contributed by atoms with Gasteiger partial charge >= 0.3 is 0 Å². The van der Waals surface area contributed by atoms with Crippen LogP contribution in [0.2, 0.25) is 0 Å². The first-order valence-corrected chi connectivity index (χ1v) is 7.30. The number of methoxy groups -OCH3 is 2. The second kappa shape index (κ2) is 9.38. The van der Waals surface area contributed by atoms with Gasteiger partial charge in [0.15, 0.2) is 0 Å². The van der Waals surface area contributed by atoms with Crippen molar-refractivity contribution in [2.24, 2.45) is 5.73 Å². The van der Waals surface area contributed by atoms with Gasteiger partial charge in [-0.25, -0.2) is 0 Å². The van der Waals surface area contributed by atoms with Crippen LogP contribution < -0.4 is 5.73 Å². The lowest BCUT2D eigenvalue weighted by molar-refractivity contribution is 0.0102. The first-order chi connectivity index (χ1) is 9.76. The van der Waals surface area contributed by atoms with E-state index in [2.05, 4.69) is 29.2 Å². The van der Waals surface area contributed by atoms with Crippen molar-refractivity contribution in [1.82, 2.24) is 4.90 Å². The van der Waals surface area contributed by atoms with Gasteiger partial charge in [0.05, 0.1) is 12.7 Å². The SMILES string of the molecule is COCc1cccc(CN2CCC(OC)CC2CN)c1.Cl. The molecule has 2 atom stereocenters. The molecule has 120 valence electrons. The molecule has 1 saturated heterocycles. The van der Waals surface area contributed by atoms with Gasteiger partial charge in [-0.15, -0.1) is 12.4 Å². The molecule has 1 aliphatic heterocycles. The normalized spacial score (nSPS) is 22.8. The average Bonchev–Trinajstić information content (AvgIpc) is 2.48. The summed E-state index contributed by atoms with van der Waals surface area (Å²) in [6, 6.07) is 9.02. The average molecular weight is 315 g/mol. The van der Waals surface area contributed by atoms with Crippen molar-refractivity contribution in [3.05, 3.63) is 35.4 Å². The Kier molecular flexibility index (Phi) is 8.22. The molecule has 0 aromatic heterocycles. The van der Waals surface area contributed by atoms with Crippen molar-refractivity contribution in [3.8, 4) is 0 Å². The largest absolute Gasteiger partial charge is 0.381 e. The van der Waals surface area contributed by atoms with Crippen molar-refractivity contribution in [3.63, 3.8) is 0 Å². The predicted molar refractivity (Wildman–Crippen MR) is 87.7 cm³/mol. The first-order valence-electron chi connectivity index (χ1n) is 7.30. The summed E-state index contributed by atoms with van der Waals surface area (Å²) in [5.74, 6) is 0. The van der Waals surface area contributed by atoms with Gasteiger partial charge in [0.2, 0.25) is 0 Å². The van der Waals surface area contributed by atoms with Gasteiger partial charge in [-0.05, 0) is 24.0 Å². The maximum absolute atomic E-state index is 5.92. The van der Waals surface area contributed by atoms with Gasteiger partial charge in [0.1, 0.15) is 0 Å². The third-order valence-corrected chi connectivity index (χ3v) is 4.08. The van der Waals surface area contributed by atoms with E-state index >= 15 is 0 Å². The van der Waals surface area contributed by atoms with Crippen LogP contribution in [0.15, 0.2) is 24.3 Å². The molecule has 4 nitrogen and oxygen atoms in total. The van der Waals surface area contributed by atoms with E-state index in [-0.39, 0.29) is 12.4 Å². The number of hydrogen-bond acceptors (Lipinski definition) is 4. The molecule has 0 saturated carbocycles. The Morgan fingerprint density at radius 3 is 2.71 bits per heavy atom. The number of nitrogens with zero attached hydrogens (tertiary/aromatic N) is 1. The summed E-state index contributed by atoms with van der Waals surface area (Å²) in [6.45, 7) is 3.36. The molecule has 0 aliphatic carbocycles. The summed E-state index contributed by atoms with van der Waals surface area (Å²) in [5, 5.41) is 0. The molecule has 0 radical (unpaired) electrons. The van der Waals surface area contributed by atoms with E-state index < -0.39 is 0 Å². The standard InChI is InChI=1S/C16H26N2O2.ClH/c1-19-12-14-5-3-4-13(8-14)11-18-7-6-16(20-2)9-15(18)10-17;/h3-5,8,15-16H,6-7,9-12,17H2,1-2H3;1H. The van der Waals surface area contributed by atoms with Gasteiger partial charge in [0, 0.05) is 39.9 Å². The quantitative estimate of drug-likeness (QED) is 0.874. The summed E-state index contributed by atoms with van der Waals surface area (Å²) in [5.41, 5.74) is 8.48. The third kappa shape index (κ3) is 5.24. The zero-order valence-corrected chi connectivity index (χ0v) is 13.8. The van der Waals surface area contributed by atoms with Crippen molar-refractivity contribution < 1.29 is 9.47 Å². The number of hydrogen-bond donors (Lipinski definition) is 1. The molecule has 5 heteroatoms. The van der Waals surface area contributed by atoms with E-state index in [1.54, 1.807) is 14.2 Å². The van der Waals surface area contributed by atoms with Crippen LogP contribution in [0.4, 0.5) is 0 Å². The molecule has 1 aromatic rings. The van der Waals surface area contributed by atoms with Crippen LogP contribution in [-0.4, -0.2) is 44.4 Å². The van der Waals surface area contributed by atoms with Crippen molar-refractivity contribution in [2.75, 3.05) is 27.3 Å². The molecular formula is C16H27ClN2O2. The summed E-state index contributed by atoms with van der Waals surface area (Å²) in [7, 11) is 3.52. The summed E-state index contributed by atoms with van der Waals surface area (Å²) in [4.78, 5) is 2.47. The van der Waals surface area contributed by atoms with Crippen molar-refractivity contribution in [2.45, 2.75) is 38.1 Å². The number of halogens is 1. The topological polar surface area (TPSA) is 47.7 Å². The molecule has 0 amide bonds. The second-order valence-electron chi connectivity index (χ2n) is 5.50. The molecule has 0 bridgehead atoms. The lowest BCUT2D eigenvalue weighted by atomic mass is 9.98. The minimum atomic E-state index is 0. The van der Waals surface area contributed by atoms with E-state index in [0.717, 1.165) is 25.9 Å². The zero-order chi connectivity index (χ0) is 14.4. The summed E-state index contributed by atoms with van der Waals surface area (Å²) >= 11 is 0. The molecule has 2 N–H and O–H groups in total. The monoisotopic (exact) mass is 314 g/mol. The Bertz CT molecular complexity index is 417. The fourth-order valence-electron chi connectivity index (χ4n) is 2.95. The number of rotatable bonds is 6. The minimum Gasteiger partial charge on any atom is -0.381 e. The van der Waals surface area contributed by atoms with Gasteiger partial charge in [-0.1, -0.05) is 24.3 Å². The minimum absolute atomic E-state index is 0. The number of likely N-dealkylation sites (tertiary alicyclic amines) is 1. The Hall–Kier alpha value is -0.650. The number of benzene rings is 1. The third-order valence-electron chi connectivity index (χ3n) is 4.08.